The molecule has 0 bridgehead atoms. The molecule has 124 valence electrons. The van der Waals surface area contributed by atoms with E-state index in [1.54, 1.807) is 5.57 Å². The summed E-state index contributed by atoms with van der Waals surface area (Å²) in [5.41, 5.74) is 3.67. The van der Waals surface area contributed by atoms with E-state index in [4.69, 9.17) is 0 Å². The molecule has 4 saturated carbocycles. The predicted molar refractivity (Wildman–Crippen MR) is 94.7 cm³/mol. The molecule has 4 aliphatic rings. The molecule has 5 unspecified atom stereocenters. The average Bonchev–Trinajstić information content (AvgIpc) is 2.84. The van der Waals surface area contributed by atoms with E-state index >= 15 is 0 Å². The summed E-state index contributed by atoms with van der Waals surface area (Å²) in [7, 11) is 0. The van der Waals surface area contributed by atoms with Crippen molar-refractivity contribution in [2.45, 2.75) is 91.9 Å². The number of hydrogen-bond donors (Lipinski definition) is 0. The fourth-order valence-electron chi connectivity index (χ4n) is 7.93. The van der Waals surface area contributed by atoms with Gasteiger partial charge in [0.15, 0.2) is 0 Å². The van der Waals surface area contributed by atoms with Crippen LogP contribution < -0.4 is 0 Å². The van der Waals surface area contributed by atoms with Gasteiger partial charge in [-0.3, -0.25) is 0 Å². The molecule has 0 amide bonds. The third-order valence-corrected chi connectivity index (χ3v) is 9.53. The lowest BCUT2D eigenvalue weighted by molar-refractivity contribution is -0.144. The molecule has 22 heavy (non-hydrogen) atoms. The molecule has 0 heterocycles. The highest BCUT2D eigenvalue weighted by Crippen LogP contribution is 2.70. The maximum atomic E-state index is 2.71. The Balaban J connectivity index is 1.69. The van der Waals surface area contributed by atoms with Crippen LogP contribution in [0.1, 0.15) is 91.9 Å². The molecule has 0 saturated heterocycles. The summed E-state index contributed by atoms with van der Waals surface area (Å²) >= 11 is 0. The Hall–Kier alpha value is -0.260. The van der Waals surface area contributed by atoms with E-state index in [1.807, 2.05) is 0 Å². The monoisotopic (exact) mass is 300 g/mol. The number of rotatable bonds is 0. The van der Waals surface area contributed by atoms with Crippen molar-refractivity contribution in [1.29, 1.82) is 0 Å². The van der Waals surface area contributed by atoms with Gasteiger partial charge in [-0.1, -0.05) is 45.3 Å². The van der Waals surface area contributed by atoms with Crippen molar-refractivity contribution < 1.29 is 0 Å². The summed E-state index contributed by atoms with van der Waals surface area (Å²) in [6.45, 7) is 10.3. The van der Waals surface area contributed by atoms with Crippen LogP contribution in [0.2, 0.25) is 0 Å². The maximum Gasteiger partial charge on any atom is -0.00853 e. The number of allylic oxidation sites excluding steroid dienone is 2. The summed E-state index contributed by atoms with van der Waals surface area (Å²) < 4.78 is 0. The van der Waals surface area contributed by atoms with Crippen molar-refractivity contribution in [3.8, 4) is 0 Å². The lowest BCUT2D eigenvalue weighted by Crippen LogP contribution is -2.56. The average molecular weight is 301 g/mol. The first kappa shape index (κ1) is 15.3. The Labute approximate surface area is 138 Å². The quantitative estimate of drug-likeness (QED) is 0.434. The molecule has 4 aliphatic carbocycles. The van der Waals surface area contributed by atoms with Crippen LogP contribution in [0.4, 0.5) is 0 Å². The highest BCUT2D eigenvalue weighted by molar-refractivity contribution is 5.24. The molecule has 0 aromatic heterocycles. The van der Waals surface area contributed by atoms with Crippen molar-refractivity contribution >= 4 is 0 Å². The van der Waals surface area contributed by atoms with E-state index in [9.17, 15) is 0 Å². The molecule has 0 radical (unpaired) electrons. The van der Waals surface area contributed by atoms with Gasteiger partial charge in [-0.25, -0.2) is 0 Å². The van der Waals surface area contributed by atoms with Gasteiger partial charge in [0, 0.05) is 0 Å². The molecule has 0 spiro atoms. The molecule has 0 nitrogen and oxygen atoms in total. The number of hydrogen-bond acceptors (Lipinski definition) is 0. The van der Waals surface area contributed by atoms with Crippen molar-refractivity contribution in [2.75, 3.05) is 0 Å². The zero-order valence-corrected chi connectivity index (χ0v) is 15.4. The maximum absolute atomic E-state index is 2.71. The van der Waals surface area contributed by atoms with E-state index in [2.05, 4.69) is 33.8 Å². The molecule has 6 atom stereocenters. The first-order valence-corrected chi connectivity index (χ1v) is 10.1. The van der Waals surface area contributed by atoms with Crippen LogP contribution >= 0.6 is 0 Å². The van der Waals surface area contributed by atoms with Gasteiger partial charge >= 0.3 is 0 Å². The summed E-state index contributed by atoms with van der Waals surface area (Å²) in [6.07, 6.45) is 17.4. The Kier molecular flexibility index (Phi) is 3.38. The van der Waals surface area contributed by atoms with E-state index in [-0.39, 0.29) is 0 Å². The Morgan fingerprint density at radius 3 is 2.41 bits per heavy atom. The third-order valence-electron chi connectivity index (χ3n) is 9.53. The van der Waals surface area contributed by atoms with Gasteiger partial charge in [0.1, 0.15) is 0 Å². The van der Waals surface area contributed by atoms with Gasteiger partial charge in [0.2, 0.25) is 0 Å². The van der Waals surface area contributed by atoms with Crippen LogP contribution in [0.3, 0.4) is 0 Å². The highest BCUT2D eigenvalue weighted by atomic mass is 14.7. The second kappa shape index (κ2) is 4.87. The van der Waals surface area contributed by atoms with Crippen LogP contribution in [0.15, 0.2) is 11.6 Å². The molecule has 4 rings (SSSR count). The van der Waals surface area contributed by atoms with Crippen LogP contribution in [-0.2, 0) is 0 Å². The Morgan fingerprint density at radius 1 is 0.864 bits per heavy atom. The zero-order valence-electron chi connectivity index (χ0n) is 15.4. The second-order valence-electron chi connectivity index (χ2n) is 9.91. The molecule has 0 aromatic rings. The Bertz CT molecular complexity index is 488. The summed E-state index contributed by atoms with van der Waals surface area (Å²) in [5.74, 6) is 3.06. The summed E-state index contributed by atoms with van der Waals surface area (Å²) in [5, 5.41) is 0. The minimum Gasteiger partial charge on any atom is -0.0879 e. The first-order valence-electron chi connectivity index (χ1n) is 10.1. The fraction of sp³-hybridized carbons (Fsp3) is 0.909. The van der Waals surface area contributed by atoms with Gasteiger partial charge in [0.05, 0.1) is 0 Å². The van der Waals surface area contributed by atoms with E-state index in [0.717, 1.165) is 17.8 Å². The zero-order chi connectivity index (χ0) is 15.6. The normalized spacial score (nSPS) is 56.4. The molecule has 4 fully saturated rings. The van der Waals surface area contributed by atoms with E-state index in [0.29, 0.717) is 16.2 Å². The fourth-order valence-corrected chi connectivity index (χ4v) is 7.93. The van der Waals surface area contributed by atoms with Gasteiger partial charge in [0.25, 0.3) is 0 Å². The van der Waals surface area contributed by atoms with Crippen LogP contribution in [0.5, 0.6) is 0 Å². The third kappa shape index (κ3) is 1.76. The minimum atomic E-state index is 0.564. The van der Waals surface area contributed by atoms with E-state index in [1.165, 1.54) is 64.2 Å². The van der Waals surface area contributed by atoms with Crippen LogP contribution in [0.25, 0.3) is 0 Å². The lowest BCUT2D eigenvalue weighted by atomic mass is 9.41. The molecule has 0 N–H and O–H groups in total. The van der Waals surface area contributed by atoms with Crippen molar-refractivity contribution in [3.05, 3.63) is 11.6 Å². The second-order valence-corrected chi connectivity index (χ2v) is 9.91. The van der Waals surface area contributed by atoms with Crippen LogP contribution in [0, 0.1) is 34.0 Å². The van der Waals surface area contributed by atoms with E-state index < -0.39 is 0 Å². The standard InChI is InChI=1S/C22H36/c1-5-16-8-9-18-17-10-14-20(2)12-6-7-13-22(20,4)19(17)11-15-21(16,18)3/h5,17-19H,6-15H2,1-4H3/b16-5-/t17?,18?,19?,20?,21-,22?/m1/s1. The first-order chi connectivity index (χ1) is 10.4. The smallest absolute Gasteiger partial charge is 0.00853 e. The minimum absolute atomic E-state index is 0.564. The molecule has 0 heteroatoms. The summed E-state index contributed by atoms with van der Waals surface area (Å²) in [4.78, 5) is 0. The molecule has 0 aromatic carbocycles. The SMILES string of the molecule is C/C=C1/CCC2C3CCC4(C)CCCCC4(C)C3CC[C@]12C. The van der Waals surface area contributed by atoms with Crippen LogP contribution in [-0.4, -0.2) is 0 Å². The van der Waals surface area contributed by atoms with Gasteiger partial charge in [-0.05, 0) is 92.3 Å². The van der Waals surface area contributed by atoms with Crippen molar-refractivity contribution in [2.24, 2.45) is 34.0 Å². The Morgan fingerprint density at radius 2 is 1.64 bits per heavy atom. The molecular formula is C22H36. The van der Waals surface area contributed by atoms with Gasteiger partial charge in [-0.15, -0.1) is 0 Å². The molecular weight excluding hydrogens is 264 g/mol. The molecule has 0 aliphatic heterocycles. The number of fused-ring (bicyclic) bond motifs is 5. The lowest BCUT2D eigenvalue weighted by Gasteiger charge is -2.64. The van der Waals surface area contributed by atoms with Gasteiger partial charge in [-0.2, -0.15) is 0 Å². The summed E-state index contributed by atoms with van der Waals surface area (Å²) in [6, 6.07) is 0. The predicted octanol–water partition coefficient (Wildman–Crippen LogP) is 6.76. The topological polar surface area (TPSA) is 0 Å². The largest absolute Gasteiger partial charge is 0.0879 e. The van der Waals surface area contributed by atoms with Crippen molar-refractivity contribution in [3.63, 3.8) is 0 Å². The van der Waals surface area contributed by atoms with Gasteiger partial charge < -0.3 is 0 Å². The highest BCUT2D eigenvalue weighted by Gasteiger charge is 2.61. The van der Waals surface area contributed by atoms with Crippen molar-refractivity contribution in [1.82, 2.24) is 0 Å².